The van der Waals surface area contributed by atoms with Crippen LogP contribution in [0.5, 0.6) is 0 Å². The van der Waals surface area contributed by atoms with Gasteiger partial charge in [-0.05, 0) is 36.1 Å². The molecule has 0 heterocycles. The molecular weight excluding hydrogens is 318 g/mol. The first-order valence-electron chi connectivity index (χ1n) is 6.20. The molecule has 0 saturated carbocycles. The molecule has 0 amide bonds. The van der Waals surface area contributed by atoms with Crippen LogP contribution in [0.3, 0.4) is 0 Å². The minimum atomic E-state index is -3.38. The van der Waals surface area contributed by atoms with Crippen LogP contribution in [-0.2, 0) is 20.5 Å². The van der Waals surface area contributed by atoms with Crippen molar-refractivity contribution in [2.45, 2.75) is 18.3 Å². The van der Waals surface area contributed by atoms with E-state index in [4.69, 9.17) is 16.3 Å². The third-order valence-corrected chi connectivity index (χ3v) is 4.95. The minimum absolute atomic E-state index is 0.0769. The Kier molecular flexibility index (Phi) is 7.91. The number of ether oxygens (including phenoxy) is 1. The number of benzene rings is 1. The van der Waals surface area contributed by atoms with Gasteiger partial charge in [-0.2, -0.15) is 11.8 Å². The lowest BCUT2D eigenvalue weighted by molar-refractivity contribution is 0.104. The van der Waals surface area contributed by atoms with Crippen molar-refractivity contribution in [3.05, 3.63) is 34.9 Å². The molecule has 0 bridgehead atoms. The molecule has 1 aromatic carbocycles. The van der Waals surface area contributed by atoms with Gasteiger partial charge in [-0.1, -0.05) is 23.7 Å². The summed E-state index contributed by atoms with van der Waals surface area (Å²) in [7, 11) is -1.78. The Labute approximate surface area is 130 Å². The summed E-state index contributed by atoms with van der Waals surface area (Å²) in [6.07, 6.45) is 2.73. The number of rotatable bonds is 9. The quantitative estimate of drug-likeness (QED) is 0.752. The molecule has 20 heavy (non-hydrogen) atoms. The van der Waals surface area contributed by atoms with Gasteiger partial charge in [0.15, 0.2) is 0 Å². The summed E-state index contributed by atoms with van der Waals surface area (Å²) in [5.41, 5.74) is 0.670. The van der Waals surface area contributed by atoms with Crippen LogP contribution in [0.1, 0.15) is 12.0 Å². The molecule has 1 N–H and O–H groups in total. The highest BCUT2D eigenvalue weighted by Gasteiger charge is 2.15. The Morgan fingerprint density at radius 1 is 1.45 bits per heavy atom. The maximum absolute atomic E-state index is 12.0. The second-order valence-corrected chi connectivity index (χ2v) is 7.61. The lowest BCUT2D eigenvalue weighted by Crippen LogP contribution is -2.34. The molecule has 0 radical (unpaired) electrons. The molecule has 0 aliphatic heterocycles. The molecule has 1 rings (SSSR count). The first-order valence-corrected chi connectivity index (χ1v) is 9.63. The number of hydrogen-bond acceptors (Lipinski definition) is 4. The summed E-state index contributed by atoms with van der Waals surface area (Å²) in [6.45, 7) is 0.292. The highest BCUT2D eigenvalue weighted by Crippen LogP contribution is 2.13. The summed E-state index contributed by atoms with van der Waals surface area (Å²) >= 11 is 7.55. The average Bonchev–Trinajstić information content (AvgIpc) is 2.38. The van der Waals surface area contributed by atoms with Crippen LogP contribution in [0.25, 0.3) is 0 Å². The van der Waals surface area contributed by atoms with Gasteiger partial charge >= 0.3 is 0 Å². The molecule has 114 valence electrons. The zero-order valence-corrected chi connectivity index (χ0v) is 14.0. The average molecular weight is 338 g/mol. The molecular formula is C13H20ClNO3S2. The van der Waals surface area contributed by atoms with Crippen molar-refractivity contribution < 1.29 is 13.2 Å². The van der Waals surface area contributed by atoms with Gasteiger partial charge in [-0.3, -0.25) is 0 Å². The predicted molar refractivity (Wildman–Crippen MR) is 85.9 cm³/mol. The molecule has 1 aromatic rings. The lowest BCUT2D eigenvalue weighted by atomic mass is 10.2. The normalized spacial score (nSPS) is 13.3. The van der Waals surface area contributed by atoms with Crippen LogP contribution in [0.4, 0.5) is 0 Å². The van der Waals surface area contributed by atoms with E-state index in [2.05, 4.69) is 4.72 Å². The van der Waals surface area contributed by atoms with Crippen LogP contribution >= 0.6 is 23.4 Å². The monoisotopic (exact) mass is 337 g/mol. The van der Waals surface area contributed by atoms with E-state index in [1.54, 1.807) is 43.1 Å². The highest BCUT2D eigenvalue weighted by atomic mass is 35.5. The number of sulfonamides is 1. The molecule has 4 nitrogen and oxygen atoms in total. The van der Waals surface area contributed by atoms with Crippen LogP contribution in [0, 0.1) is 0 Å². The van der Waals surface area contributed by atoms with Gasteiger partial charge in [0.2, 0.25) is 10.0 Å². The zero-order valence-electron chi connectivity index (χ0n) is 11.6. The fourth-order valence-corrected chi connectivity index (χ4v) is 3.54. The molecule has 0 aliphatic carbocycles. The number of halogens is 1. The number of methoxy groups -OCH3 is 1. The van der Waals surface area contributed by atoms with Gasteiger partial charge in [-0.15, -0.1) is 0 Å². The molecule has 1 atom stereocenters. The number of thioether (sulfide) groups is 1. The van der Waals surface area contributed by atoms with E-state index in [0.717, 1.165) is 12.2 Å². The maximum Gasteiger partial charge on any atom is 0.215 e. The maximum atomic E-state index is 12.0. The largest absolute Gasteiger partial charge is 0.380 e. The predicted octanol–water partition coefficient (Wildman–Crippen LogP) is 2.53. The van der Waals surface area contributed by atoms with Gasteiger partial charge in [0.05, 0.1) is 11.9 Å². The van der Waals surface area contributed by atoms with Crippen molar-refractivity contribution in [3.63, 3.8) is 0 Å². The van der Waals surface area contributed by atoms with Crippen LogP contribution in [0.2, 0.25) is 5.02 Å². The molecule has 1 unspecified atom stereocenters. The van der Waals surface area contributed by atoms with E-state index in [1.165, 1.54) is 0 Å². The van der Waals surface area contributed by atoms with Crippen LogP contribution < -0.4 is 4.72 Å². The Morgan fingerprint density at radius 2 is 2.20 bits per heavy atom. The van der Waals surface area contributed by atoms with E-state index >= 15 is 0 Å². The van der Waals surface area contributed by atoms with Crippen molar-refractivity contribution in [2.75, 3.05) is 25.7 Å². The van der Waals surface area contributed by atoms with Gasteiger partial charge in [0.25, 0.3) is 0 Å². The molecule has 0 fully saturated rings. The first-order chi connectivity index (χ1) is 9.46. The fraction of sp³-hybridized carbons (Fsp3) is 0.538. The second-order valence-electron chi connectivity index (χ2n) is 4.38. The summed E-state index contributed by atoms with van der Waals surface area (Å²) in [5.74, 6) is 0.862. The number of hydrogen-bond donors (Lipinski definition) is 1. The Balaban J connectivity index is 2.52. The van der Waals surface area contributed by atoms with E-state index in [1.807, 2.05) is 6.26 Å². The summed E-state index contributed by atoms with van der Waals surface area (Å²) in [5, 5.41) is 0.535. The van der Waals surface area contributed by atoms with Gasteiger partial charge in [0, 0.05) is 18.7 Å². The van der Waals surface area contributed by atoms with Gasteiger partial charge < -0.3 is 4.74 Å². The van der Waals surface area contributed by atoms with E-state index in [-0.39, 0.29) is 11.9 Å². The molecule has 7 heteroatoms. The molecule has 0 aromatic heterocycles. The van der Waals surface area contributed by atoms with Crippen molar-refractivity contribution in [2.24, 2.45) is 0 Å². The smallest absolute Gasteiger partial charge is 0.215 e. The Bertz CT molecular complexity index is 508. The van der Waals surface area contributed by atoms with Crippen molar-refractivity contribution >= 4 is 33.4 Å². The van der Waals surface area contributed by atoms with Crippen molar-refractivity contribution in [1.82, 2.24) is 4.72 Å². The van der Waals surface area contributed by atoms with E-state index < -0.39 is 10.0 Å². The molecule has 0 spiro atoms. The Morgan fingerprint density at radius 3 is 2.80 bits per heavy atom. The van der Waals surface area contributed by atoms with Gasteiger partial charge in [0.1, 0.15) is 0 Å². The summed E-state index contributed by atoms with van der Waals surface area (Å²) < 4.78 is 31.8. The first kappa shape index (κ1) is 17.8. The minimum Gasteiger partial charge on any atom is -0.380 e. The Hall–Kier alpha value is -0.270. The fourth-order valence-electron chi connectivity index (χ4n) is 1.67. The lowest BCUT2D eigenvalue weighted by Gasteiger charge is -2.15. The van der Waals surface area contributed by atoms with Crippen LogP contribution in [0.15, 0.2) is 24.3 Å². The summed E-state index contributed by atoms with van der Waals surface area (Å²) in [4.78, 5) is 0. The summed E-state index contributed by atoms with van der Waals surface area (Å²) in [6, 6.07) is 6.85. The van der Waals surface area contributed by atoms with E-state index in [0.29, 0.717) is 17.1 Å². The third kappa shape index (κ3) is 6.95. The van der Waals surface area contributed by atoms with Crippen molar-refractivity contribution in [1.29, 1.82) is 0 Å². The third-order valence-electron chi connectivity index (χ3n) is 2.75. The van der Waals surface area contributed by atoms with Crippen LogP contribution in [-0.4, -0.2) is 40.2 Å². The number of nitrogens with one attached hydrogen (secondary N) is 1. The topological polar surface area (TPSA) is 55.4 Å². The zero-order chi connectivity index (χ0) is 15.0. The SMILES string of the molecule is COC(CCSC)CNS(=O)(=O)Cc1cccc(Cl)c1. The van der Waals surface area contributed by atoms with Crippen molar-refractivity contribution in [3.8, 4) is 0 Å². The molecule has 0 saturated heterocycles. The second kappa shape index (κ2) is 8.89. The van der Waals surface area contributed by atoms with E-state index in [9.17, 15) is 8.42 Å². The standard InChI is InChI=1S/C13H20ClNO3S2/c1-18-13(6-7-19-2)9-15-20(16,17)10-11-4-3-5-12(14)8-11/h3-5,8,13,15H,6-7,9-10H2,1-2H3. The highest BCUT2D eigenvalue weighted by molar-refractivity contribution is 7.98. The molecule has 0 aliphatic rings. The van der Waals surface area contributed by atoms with Gasteiger partial charge in [-0.25, -0.2) is 13.1 Å².